The lowest BCUT2D eigenvalue weighted by Crippen LogP contribution is -2.40. The number of nitrogens with two attached hydrogens (primary N) is 1. The van der Waals surface area contributed by atoms with Crippen molar-refractivity contribution < 1.29 is 4.74 Å². The molecule has 0 aromatic rings. The molecule has 0 amide bonds. The molecule has 0 bridgehead atoms. The molecule has 11 heavy (non-hydrogen) atoms. The van der Waals surface area contributed by atoms with Gasteiger partial charge in [-0.25, -0.2) is 0 Å². The van der Waals surface area contributed by atoms with Crippen molar-refractivity contribution >= 4 is 0 Å². The van der Waals surface area contributed by atoms with Crippen LogP contribution in [0.1, 0.15) is 27.2 Å². The summed E-state index contributed by atoms with van der Waals surface area (Å²) in [5.74, 6) is 5.34. The van der Waals surface area contributed by atoms with E-state index in [4.69, 9.17) is 10.6 Å². The zero-order valence-electron chi connectivity index (χ0n) is 7.98. The Morgan fingerprint density at radius 2 is 2.00 bits per heavy atom. The van der Waals surface area contributed by atoms with Gasteiger partial charge in [-0.2, -0.15) is 0 Å². The molecule has 0 aromatic heterocycles. The van der Waals surface area contributed by atoms with Crippen molar-refractivity contribution in [3.05, 3.63) is 0 Å². The first-order valence-corrected chi connectivity index (χ1v) is 3.94. The molecule has 0 saturated carbocycles. The molecule has 0 radical (unpaired) electrons. The van der Waals surface area contributed by atoms with E-state index in [-0.39, 0.29) is 6.04 Å². The average Bonchev–Trinajstić information content (AvgIpc) is 1.84. The largest absolute Gasteiger partial charge is 0.383 e. The molecule has 0 spiro atoms. The molecule has 68 valence electrons. The molecule has 0 aliphatic carbocycles. The summed E-state index contributed by atoms with van der Waals surface area (Å²) in [5, 5.41) is 0. The van der Waals surface area contributed by atoms with Gasteiger partial charge in [-0.1, -0.05) is 20.8 Å². The second-order valence-corrected chi connectivity index (χ2v) is 4.08. The predicted molar refractivity (Wildman–Crippen MR) is 47.1 cm³/mol. The van der Waals surface area contributed by atoms with Gasteiger partial charge in [0.2, 0.25) is 0 Å². The monoisotopic (exact) mass is 160 g/mol. The zero-order chi connectivity index (χ0) is 8.91. The van der Waals surface area contributed by atoms with E-state index >= 15 is 0 Å². The van der Waals surface area contributed by atoms with Crippen molar-refractivity contribution in [2.24, 2.45) is 11.3 Å². The maximum Gasteiger partial charge on any atom is 0.0629 e. The van der Waals surface area contributed by atoms with E-state index in [9.17, 15) is 0 Å². The molecule has 0 saturated heterocycles. The van der Waals surface area contributed by atoms with Gasteiger partial charge in [0.05, 0.1) is 6.61 Å². The van der Waals surface area contributed by atoms with E-state index in [0.29, 0.717) is 12.0 Å². The number of methoxy groups -OCH3 is 1. The summed E-state index contributed by atoms with van der Waals surface area (Å²) in [6.07, 6.45) is 1.03. The molecule has 0 fully saturated rings. The van der Waals surface area contributed by atoms with Crippen molar-refractivity contribution in [3.63, 3.8) is 0 Å². The fourth-order valence-corrected chi connectivity index (χ4v) is 1.11. The molecule has 3 heteroatoms. The first-order valence-electron chi connectivity index (χ1n) is 3.94. The topological polar surface area (TPSA) is 47.3 Å². The van der Waals surface area contributed by atoms with Crippen LogP contribution >= 0.6 is 0 Å². The third kappa shape index (κ3) is 6.28. The minimum Gasteiger partial charge on any atom is -0.383 e. The quantitative estimate of drug-likeness (QED) is 0.474. The average molecular weight is 160 g/mol. The molecular weight excluding hydrogens is 140 g/mol. The Labute approximate surface area is 69.3 Å². The molecular formula is C8H20N2O. The maximum atomic E-state index is 5.34. The highest BCUT2D eigenvalue weighted by molar-refractivity contribution is 4.71. The lowest BCUT2D eigenvalue weighted by molar-refractivity contribution is 0.144. The minimum absolute atomic E-state index is 0.264. The number of ether oxygens (including phenoxy) is 1. The Bertz CT molecular complexity index is 98.8. The van der Waals surface area contributed by atoms with Crippen LogP contribution in [0.25, 0.3) is 0 Å². The van der Waals surface area contributed by atoms with Gasteiger partial charge in [-0.05, 0) is 11.8 Å². The Balaban J connectivity index is 3.68. The smallest absolute Gasteiger partial charge is 0.0629 e. The summed E-state index contributed by atoms with van der Waals surface area (Å²) < 4.78 is 5.00. The molecule has 0 aliphatic heterocycles. The Morgan fingerprint density at radius 1 is 1.45 bits per heavy atom. The van der Waals surface area contributed by atoms with Crippen molar-refractivity contribution in [2.75, 3.05) is 13.7 Å². The number of nitrogens with one attached hydrogen (secondary N) is 1. The van der Waals surface area contributed by atoms with Crippen LogP contribution in [0, 0.1) is 5.41 Å². The number of rotatable bonds is 4. The van der Waals surface area contributed by atoms with Gasteiger partial charge < -0.3 is 4.74 Å². The standard InChI is InChI=1S/C8H20N2O/c1-8(2,3)5-7(10-9)6-11-4/h7,10H,5-6,9H2,1-4H3. The third-order valence-corrected chi connectivity index (χ3v) is 1.46. The molecule has 0 aliphatic rings. The van der Waals surface area contributed by atoms with E-state index in [0.717, 1.165) is 6.42 Å². The predicted octanol–water partition coefficient (Wildman–Crippen LogP) is 0.901. The fraction of sp³-hybridized carbons (Fsp3) is 1.00. The fourth-order valence-electron chi connectivity index (χ4n) is 1.11. The van der Waals surface area contributed by atoms with Crippen LogP contribution in [0.2, 0.25) is 0 Å². The molecule has 0 aromatic carbocycles. The van der Waals surface area contributed by atoms with Gasteiger partial charge in [0.1, 0.15) is 0 Å². The van der Waals surface area contributed by atoms with Gasteiger partial charge in [0, 0.05) is 13.2 Å². The Kier molecular flexibility index (Phi) is 4.65. The van der Waals surface area contributed by atoms with E-state index in [2.05, 4.69) is 26.2 Å². The second kappa shape index (κ2) is 4.70. The van der Waals surface area contributed by atoms with Crippen LogP contribution in [-0.2, 0) is 4.74 Å². The first kappa shape index (κ1) is 10.9. The maximum absolute atomic E-state index is 5.34. The van der Waals surface area contributed by atoms with Crippen LogP contribution in [0.4, 0.5) is 0 Å². The SMILES string of the molecule is COCC(CC(C)(C)C)NN. The van der Waals surface area contributed by atoms with Crippen molar-refractivity contribution in [1.82, 2.24) is 5.43 Å². The number of hydrogen-bond acceptors (Lipinski definition) is 3. The number of hydrazine groups is 1. The highest BCUT2D eigenvalue weighted by atomic mass is 16.5. The normalized spacial score (nSPS) is 15.0. The summed E-state index contributed by atoms with van der Waals surface area (Å²) in [5.41, 5.74) is 3.04. The van der Waals surface area contributed by atoms with E-state index in [1.54, 1.807) is 7.11 Å². The number of hydrogen-bond donors (Lipinski definition) is 2. The third-order valence-electron chi connectivity index (χ3n) is 1.46. The molecule has 0 rings (SSSR count). The van der Waals surface area contributed by atoms with E-state index < -0.39 is 0 Å². The lowest BCUT2D eigenvalue weighted by atomic mass is 9.88. The molecule has 3 nitrogen and oxygen atoms in total. The van der Waals surface area contributed by atoms with E-state index in [1.807, 2.05) is 0 Å². The van der Waals surface area contributed by atoms with E-state index in [1.165, 1.54) is 0 Å². The van der Waals surface area contributed by atoms with Crippen LogP contribution < -0.4 is 11.3 Å². The van der Waals surface area contributed by atoms with Crippen LogP contribution in [0.15, 0.2) is 0 Å². The summed E-state index contributed by atoms with van der Waals surface area (Å²) in [6, 6.07) is 0.264. The molecule has 3 N–H and O–H groups in total. The zero-order valence-corrected chi connectivity index (χ0v) is 7.98. The summed E-state index contributed by atoms with van der Waals surface area (Å²) >= 11 is 0. The lowest BCUT2D eigenvalue weighted by Gasteiger charge is -2.24. The minimum atomic E-state index is 0.264. The summed E-state index contributed by atoms with van der Waals surface area (Å²) in [4.78, 5) is 0. The Hall–Kier alpha value is -0.120. The highest BCUT2D eigenvalue weighted by Crippen LogP contribution is 2.20. The molecule has 0 heterocycles. The second-order valence-electron chi connectivity index (χ2n) is 4.08. The van der Waals surface area contributed by atoms with Crippen molar-refractivity contribution in [2.45, 2.75) is 33.2 Å². The van der Waals surface area contributed by atoms with Crippen LogP contribution in [0.3, 0.4) is 0 Å². The van der Waals surface area contributed by atoms with Crippen molar-refractivity contribution in [3.8, 4) is 0 Å². The first-order chi connectivity index (χ1) is 4.99. The summed E-state index contributed by atoms with van der Waals surface area (Å²) in [7, 11) is 1.69. The molecule has 1 atom stereocenters. The summed E-state index contributed by atoms with van der Waals surface area (Å²) in [6.45, 7) is 7.24. The van der Waals surface area contributed by atoms with Gasteiger partial charge in [-0.3, -0.25) is 11.3 Å². The van der Waals surface area contributed by atoms with Gasteiger partial charge in [-0.15, -0.1) is 0 Å². The van der Waals surface area contributed by atoms with Gasteiger partial charge >= 0.3 is 0 Å². The van der Waals surface area contributed by atoms with Crippen LogP contribution in [-0.4, -0.2) is 19.8 Å². The van der Waals surface area contributed by atoms with Crippen LogP contribution in [0.5, 0.6) is 0 Å². The van der Waals surface area contributed by atoms with Gasteiger partial charge in [0.25, 0.3) is 0 Å². The van der Waals surface area contributed by atoms with Gasteiger partial charge in [0.15, 0.2) is 0 Å². The van der Waals surface area contributed by atoms with Crippen molar-refractivity contribution in [1.29, 1.82) is 0 Å². The Morgan fingerprint density at radius 3 is 2.27 bits per heavy atom. The molecule has 1 unspecified atom stereocenters. The highest BCUT2D eigenvalue weighted by Gasteiger charge is 2.16.